The highest BCUT2D eigenvalue weighted by molar-refractivity contribution is 9.10. The molecule has 17 heavy (non-hydrogen) atoms. The molecule has 0 atom stereocenters. The highest BCUT2D eigenvalue weighted by Gasteiger charge is 2.07. The van der Waals surface area contributed by atoms with Gasteiger partial charge < -0.3 is 5.32 Å². The lowest BCUT2D eigenvalue weighted by Gasteiger charge is -2.09. The minimum atomic E-state index is -0.350. The molecule has 0 aliphatic heterocycles. The molecule has 0 unspecified atom stereocenters. The van der Waals surface area contributed by atoms with E-state index in [0.29, 0.717) is 16.0 Å². The molecule has 0 aliphatic rings. The topological polar surface area (TPSA) is 37.8 Å². The Morgan fingerprint density at radius 1 is 1.41 bits per heavy atom. The van der Waals surface area contributed by atoms with Crippen molar-refractivity contribution in [2.24, 2.45) is 0 Å². The van der Waals surface area contributed by atoms with Crippen molar-refractivity contribution in [3.8, 4) is 0 Å². The summed E-state index contributed by atoms with van der Waals surface area (Å²) in [6.07, 6.45) is 1.51. The van der Waals surface area contributed by atoms with E-state index >= 15 is 0 Å². The Balaban J connectivity index is 2.37. The Morgan fingerprint density at radius 3 is 2.94 bits per heavy atom. The number of aryl methyl sites for hydroxylation is 1. The van der Waals surface area contributed by atoms with Gasteiger partial charge in [0.2, 0.25) is 5.28 Å². The number of anilines is 2. The quantitative estimate of drug-likeness (QED) is 0.848. The van der Waals surface area contributed by atoms with Crippen LogP contribution >= 0.6 is 27.5 Å². The minimum absolute atomic E-state index is 0.101. The summed E-state index contributed by atoms with van der Waals surface area (Å²) in [5, 5.41) is 2.97. The largest absolute Gasteiger partial charge is 0.337 e. The van der Waals surface area contributed by atoms with Crippen molar-refractivity contribution in [2.75, 3.05) is 5.32 Å². The van der Waals surface area contributed by atoms with Crippen LogP contribution in [0, 0.1) is 12.7 Å². The molecule has 3 nitrogen and oxygen atoms in total. The molecule has 0 saturated carbocycles. The number of rotatable bonds is 2. The van der Waals surface area contributed by atoms with Crippen molar-refractivity contribution in [1.29, 1.82) is 0 Å². The fourth-order valence-corrected chi connectivity index (χ4v) is 1.72. The van der Waals surface area contributed by atoms with Crippen molar-refractivity contribution in [2.45, 2.75) is 6.92 Å². The highest BCUT2D eigenvalue weighted by atomic mass is 79.9. The van der Waals surface area contributed by atoms with E-state index in [2.05, 4.69) is 31.2 Å². The zero-order valence-electron chi connectivity index (χ0n) is 8.84. The maximum absolute atomic E-state index is 13.5. The van der Waals surface area contributed by atoms with Crippen LogP contribution in [-0.2, 0) is 0 Å². The van der Waals surface area contributed by atoms with E-state index in [4.69, 9.17) is 11.6 Å². The summed E-state index contributed by atoms with van der Waals surface area (Å²) in [6.45, 7) is 1.88. The van der Waals surface area contributed by atoms with Crippen molar-refractivity contribution < 1.29 is 4.39 Å². The van der Waals surface area contributed by atoms with Crippen LogP contribution in [0.2, 0.25) is 5.28 Å². The first kappa shape index (κ1) is 12.3. The van der Waals surface area contributed by atoms with Crippen molar-refractivity contribution in [3.05, 3.63) is 45.5 Å². The monoisotopic (exact) mass is 315 g/mol. The Labute approximate surface area is 111 Å². The van der Waals surface area contributed by atoms with E-state index in [1.165, 1.54) is 12.3 Å². The molecule has 1 heterocycles. The van der Waals surface area contributed by atoms with E-state index in [-0.39, 0.29) is 11.1 Å². The van der Waals surface area contributed by atoms with E-state index in [0.717, 1.165) is 5.56 Å². The standard InChI is InChI=1S/C11H8BrClFN3/c1-6-2-3-8(14)9(4-6)16-10-7(12)5-15-11(13)17-10/h2-5H,1H3,(H,15,16,17). The molecule has 0 spiro atoms. The van der Waals surface area contributed by atoms with E-state index < -0.39 is 0 Å². The molecule has 1 aromatic heterocycles. The number of aromatic nitrogens is 2. The molecule has 0 bridgehead atoms. The van der Waals surface area contributed by atoms with Gasteiger partial charge in [-0.15, -0.1) is 0 Å². The van der Waals surface area contributed by atoms with Gasteiger partial charge in [0.05, 0.1) is 10.2 Å². The Bertz CT molecular complexity index is 513. The van der Waals surface area contributed by atoms with Gasteiger partial charge >= 0.3 is 0 Å². The van der Waals surface area contributed by atoms with Crippen LogP contribution in [0.3, 0.4) is 0 Å². The fraction of sp³-hybridized carbons (Fsp3) is 0.0909. The van der Waals surface area contributed by atoms with Crippen LogP contribution < -0.4 is 5.32 Å². The number of benzene rings is 1. The van der Waals surface area contributed by atoms with Gasteiger partial charge in [-0.3, -0.25) is 0 Å². The van der Waals surface area contributed by atoms with Gasteiger partial charge in [0.25, 0.3) is 0 Å². The molecule has 2 aromatic rings. The molecular weight excluding hydrogens is 308 g/mol. The molecule has 0 fully saturated rings. The van der Waals surface area contributed by atoms with Gasteiger partial charge in [0, 0.05) is 6.20 Å². The lowest BCUT2D eigenvalue weighted by atomic mass is 10.2. The van der Waals surface area contributed by atoms with Crippen LogP contribution in [-0.4, -0.2) is 9.97 Å². The molecule has 6 heteroatoms. The van der Waals surface area contributed by atoms with Crippen LogP contribution in [0.4, 0.5) is 15.9 Å². The smallest absolute Gasteiger partial charge is 0.224 e. The average Bonchev–Trinajstić information content (AvgIpc) is 2.28. The minimum Gasteiger partial charge on any atom is -0.337 e. The second kappa shape index (κ2) is 4.98. The predicted octanol–water partition coefficient (Wildman–Crippen LogP) is 4.08. The van der Waals surface area contributed by atoms with Crippen LogP contribution in [0.25, 0.3) is 0 Å². The molecule has 88 valence electrons. The SMILES string of the molecule is Cc1ccc(F)c(Nc2nc(Cl)ncc2Br)c1. The van der Waals surface area contributed by atoms with Crippen molar-refractivity contribution in [3.63, 3.8) is 0 Å². The first-order valence-corrected chi connectivity index (χ1v) is 5.94. The lowest BCUT2D eigenvalue weighted by molar-refractivity contribution is 0.631. The summed E-state index contributed by atoms with van der Waals surface area (Å²) in [5.74, 6) is 0.0757. The van der Waals surface area contributed by atoms with Gasteiger partial charge in [-0.2, -0.15) is 4.98 Å². The van der Waals surface area contributed by atoms with Gasteiger partial charge in [-0.25, -0.2) is 9.37 Å². The molecule has 0 amide bonds. The Kier molecular flexibility index (Phi) is 3.59. The van der Waals surface area contributed by atoms with Gasteiger partial charge in [-0.1, -0.05) is 6.07 Å². The zero-order valence-corrected chi connectivity index (χ0v) is 11.2. The molecule has 1 N–H and O–H groups in total. The van der Waals surface area contributed by atoms with Crippen molar-refractivity contribution in [1.82, 2.24) is 9.97 Å². The molecule has 0 saturated heterocycles. The zero-order chi connectivity index (χ0) is 12.4. The van der Waals surface area contributed by atoms with E-state index in [1.54, 1.807) is 12.1 Å². The maximum Gasteiger partial charge on any atom is 0.224 e. The number of nitrogens with one attached hydrogen (secondary N) is 1. The summed E-state index contributed by atoms with van der Waals surface area (Å²) in [4.78, 5) is 7.76. The highest BCUT2D eigenvalue weighted by Crippen LogP contribution is 2.26. The number of hydrogen-bond donors (Lipinski definition) is 1. The van der Waals surface area contributed by atoms with Crippen LogP contribution in [0.15, 0.2) is 28.9 Å². The summed E-state index contributed by atoms with van der Waals surface area (Å²) in [6, 6.07) is 4.79. The average molecular weight is 317 g/mol. The molecular formula is C11H8BrClFN3. The van der Waals surface area contributed by atoms with Crippen molar-refractivity contribution >= 4 is 39.0 Å². The predicted molar refractivity (Wildman–Crippen MR) is 69.2 cm³/mol. The Hall–Kier alpha value is -1.20. The van der Waals surface area contributed by atoms with E-state index in [1.807, 2.05) is 6.92 Å². The molecule has 0 aliphatic carbocycles. The summed E-state index contributed by atoms with van der Waals surface area (Å²) in [7, 11) is 0. The summed E-state index contributed by atoms with van der Waals surface area (Å²) >= 11 is 8.94. The third kappa shape index (κ3) is 2.92. The van der Waals surface area contributed by atoms with E-state index in [9.17, 15) is 4.39 Å². The number of halogens is 3. The third-order valence-corrected chi connectivity index (χ3v) is 2.85. The first-order chi connectivity index (χ1) is 8.06. The van der Waals surface area contributed by atoms with Gasteiger partial charge in [0.15, 0.2) is 0 Å². The number of nitrogens with zero attached hydrogens (tertiary/aromatic N) is 2. The molecule has 0 radical (unpaired) electrons. The van der Waals surface area contributed by atoms with Crippen LogP contribution in [0.1, 0.15) is 5.56 Å². The third-order valence-electron chi connectivity index (χ3n) is 2.09. The second-order valence-corrected chi connectivity index (χ2v) is 4.64. The lowest BCUT2D eigenvalue weighted by Crippen LogP contribution is -1.99. The molecule has 1 aromatic carbocycles. The molecule has 2 rings (SSSR count). The number of hydrogen-bond acceptors (Lipinski definition) is 3. The fourth-order valence-electron chi connectivity index (χ4n) is 1.30. The van der Waals surface area contributed by atoms with Crippen LogP contribution in [0.5, 0.6) is 0 Å². The normalized spacial score (nSPS) is 10.4. The Morgan fingerprint density at radius 2 is 2.18 bits per heavy atom. The summed E-state index contributed by atoms with van der Waals surface area (Å²) in [5.41, 5.74) is 1.30. The first-order valence-electron chi connectivity index (χ1n) is 4.77. The maximum atomic E-state index is 13.5. The summed E-state index contributed by atoms with van der Waals surface area (Å²) < 4.78 is 14.1. The second-order valence-electron chi connectivity index (χ2n) is 3.44. The van der Waals surface area contributed by atoms with Gasteiger partial charge in [0.1, 0.15) is 11.6 Å². The van der Waals surface area contributed by atoms with Gasteiger partial charge in [-0.05, 0) is 52.2 Å².